The second-order valence-corrected chi connectivity index (χ2v) is 12.2. The maximum atomic E-state index is 13.4. The van der Waals surface area contributed by atoms with E-state index in [0.717, 1.165) is 71.8 Å². The fourth-order valence-corrected chi connectivity index (χ4v) is 6.55. The Balaban J connectivity index is 1.21. The molecular formula is C34H31N3O5S2. The molecule has 1 amide bonds. The standard InChI is InChI=1S/C34H31N3O5S2/c38-32-31(44-34(43)37(32)13-11-23-3-6-25(7-4-23)33(39)40)21-24-5-10-30(42-19-16-36-14-17-41-18-15-36)28(20-24)26-8-9-29-27(22-26)2-1-12-35-29/h1-10,12,20-22H,11,13-19H2,(H,39,40)/b31-21-. The number of hydrogen-bond donors (Lipinski definition) is 1. The van der Waals surface area contributed by atoms with Gasteiger partial charge in [-0.1, -0.05) is 54.3 Å². The van der Waals surface area contributed by atoms with Gasteiger partial charge in [0.05, 0.1) is 29.2 Å². The molecule has 2 fully saturated rings. The summed E-state index contributed by atoms with van der Waals surface area (Å²) in [5.74, 6) is -0.321. The van der Waals surface area contributed by atoms with Crippen LogP contribution in [0.3, 0.4) is 0 Å². The third-order valence-corrected chi connectivity index (χ3v) is 9.06. The number of carboxylic acids is 1. The second-order valence-electron chi connectivity index (χ2n) is 10.6. The van der Waals surface area contributed by atoms with Crippen molar-refractivity contribution in [1.29, 1.82) is 0 Å². The number of aromatic carboxylic acids is 1. The van der Waals surface area contributed by atoms with Crippen molar-refractivity contribution in [3.8, 4) is 16.9 Å². The first-order valence-electron chi connectivity index (χ1n) is 14.4. The van der Waals surface area contributed by atoms with E-state index >= 15 is 0 Å². The topological polar surface area (TPSA) is 92.2 Å². The summed E-state index contributed by atoms with van der Waals surface area (Å²) in [5.41, 5.74) is 4.90. The van der Waals surface area contributed by atoms with Gasteiger partial charge < -0.3 is 14.6 Å². The summed E-state index contributed by atoms with van der Waals surface area (Å²) < 4.78 is 12.3. The maximum absolute atomic E-state index is 13.4. The number of carbonyl (C=O) groups is 2. The Morgan fingerprint density at radius 2 is 1.86 bits per heavy atom. The number of rotatable bonds is 10. The number of nitrogens with zero attached hydrogens (tertiary/aromatic N) is 3. The molecule has 3 aromatic carbocycles. The van der Waals surface area contributed by atoms with Crippen molar-refractivity contribution < 1.29 is 24.2 Å². The molecule has 2 saturated heterocycles. The lowest BCUT2D eigenvalue weighted by Gasteiger charge is -2.26. The molecule has 10 heteroatoms. The lowest BCUT2D eigenvalue weighted by Crippen LogP contribution is -2.38. The van der Waals surface area contributed by atoms with Crippen LogP contribution in [-0.2, 0) is 16.0 Å². The van der Waals surface area contributed by atoms with Gasteiger partial charge in [0, 0.05) is 43.3 Å². The highest BCUT2D eigenvalue weighted by atomic mass is 32.2. The average Bonchev–Trinajstić information content (AvgIpc) is 3.31. The Bertz CT molecular complexity index is 1730. The number of carboxylic acid groups (broad SMARTS) is 1. The molecule has 0 atom stereocenters. The Labute approximate surface area is 265 Å². The highest BCUT2D eigenvalue weighted by Gasteiger charge is 2.31. The number of benzene rings is 3. The number of thioether (sulfide) groups is 1. The molecule has 8 nitrogen and oxygen atoms in total. The molecule has 3 heterocycles. The highest BCUT2D eigenvalue weighted by molar-refractivity contribution is 8.26. The second kappa shape index (κ2) is 13.7. The molecule has 1 N–H and O–H groups in total. The fourth-order valence-electron chi connectivity index (χ4n) is 5.24. The van der Waals surface area contributed by atoms with E-state index in [-0.39, 0.29) is 11.5 Å². The zero-order valence-electron chi connectivity index (χ0n) is 24.0. The first-order valence-corrected chi connectivity index (χ1v) is 15.7. The number of morpholine rings is 1. The zero-order chi connectivity index (χ0) is 30.5. The minimum absolute atomic E-state index is 0.133. The van der Waals surface area contributed by atoms with E-state index in [0.29, 0.717) is 28.8 Å². The molecule has 0 aliphatic carbocycles. The summed E-state index contributed by atoms with van der Waals surface area (Å²) in [5, 5.41) is 10.2. The van der Waals surface area contributed by atoms with E-state index in [9.17, 15) is 9.59 Å². The molecule has 4 aromatic rings. The summed E-state index contributed by atoms with van der Waals surface area (Å²) >= 11 is 6.85. The van der Waals surface area contributed by atoms with Crippen molar-refractivity contribution in [1.82, 2.24) is 14.8 Å². The van der Waals surface area contributed by atoms with E-state index in [1.807, 2.05) is 42.5 Å². The summed E-state index contributed by atoms with van der Waals surface area (Å²) in [6, 6.07) is 22.8. The first-order chi connectivity index (χ1) is 21.4. The predicted molar refractivity (Wildman–Crippen MR) is 177 cm³/mol. The summed E-state index contributed by atoms with van der Waals surface area (Å²) in [7, 11) is 0. The maximum Gasteiger partial charge on any atom is 0.335 e. The minimum atomic E-state index is -0.966. The minimum Gasteiger partial charge on any atom is -0.492 e. The van der Waals surface area contributed by atoms with E-state index in [1.165, 1.54) is 11.8 Å². The van der Waals surface area contributed by atoms with Crippen molar-refractivity contribution in [2.75, 3.05) is 46.0 Å². The van der Waals surface area contributed by atoms with E-state index in [1.54, 1.807) is 35.4 Å². The van der Waals surface area contributed by atoms with Crippen molar-refractivity contribution in [3.63, 3.8) is 0 Å². The summed E-state index contributed by atoms with van der Waals surface area (Å²) in [6.45, 7) is 5.09. The number of aromatic nitrogens is 1. The number of ether oxygens (including phenoxy) is 2. The van der Waals surface area contributed by atoms with Crippen molar-refractivity contribution in [3.05, 3.63) is 101 Å². The van der Waals surface area contributed by atoms with Gasteiger partial charge >= 0.3 is 5.97 Å². The Hall–Kier alpha value is -4.09. The Morgan fingerprint density at radius 3 is 2.66 bits per heavy atom. The SMILES string of the molecule is O=C(O)c1ccc(CCN2C(=O)/C(=C/c3ccc(OCCN4CCOCC4)c(-c4ccc5ncccc5c4)c3)SC2=S)cc1. The third-order valence-electron chi connectivity index (χ3n) is 7.68. The zero-order valence-corrected chi connectivity index (χ0v) is 25.6. The van der Waals surface area contributed by atoms with Crippen LogP contribution < -0.4 is 4.74 Å². The summed E-state index contributed by atoms with van der Waals surface area (Å²) in [4.78, 5) is 33.5. The number of hydrogen-bond acceptors (Lipinski definition) is 8. The van der Waals surface area contributed by atoms with Crippen molar-refractivity contribution in [2.45, 2.75) is 6.42 Å². The van der Waals surface area contributed by atoms with Gasteiger partial charge in [0.2, 0.25) is 0 Å². The van der Waals surface area contributed by atoms with Gasteiger partial charge in [-0.3, -0.25) is 19.6 Å². The van der Waals surface area contributed by atoms with Crippen molar-refractivity contribution in [2.24, 2.45) is 0 Å². The summed E-state index contributed by atoms with van der Waals surface area (Å²) in [6.07, 6.45) is 4.23. The Kier molecular flexibility index (Phi) is 9.32. The van der Waals surface area contributed by atoms with E-state index in [4.69, 9.17) is 26.8 Å². The van der Waals surface area contributed by atoms with Crippen LogP contribution in [0.5, 0.6) is 5.75 Å². The van der Waals surface area contributed by atoms with Gasteiger partial charge in [-0.2, -0.15) is 0 Å². The fraction of sp³-hybridized carbons (Fsp3) is 0.235. The van der Waals surface area contributed by atoms with Gasteiger partial charge in [0.15, 0.2) is 0 Å². The number of amides is 1. The molecule has 0 unspecified atom stereocenters. The van der Waals surface area contributed by atoms with Crippen LogP contribution >= 0.6 is 24.0 Å². The van der Waals surface area contributed by atoms with Crippen LogP contribution in [0.15, 0.2) is 83.9 Å². The molecule has 0 radical (unpaired) electrons. The molecule has 6 rings (SSSR count). The van der Waals surface area contributed by atoms with Gasteiger partial charge in [0.1, 0.15) is 16.7 Å². The number of fused-ring (bicyclic) bond motifs is 1. The molecule has 2 aliphatic heterocycles. The van der Waals surface area contributed by atoms with Crippen LogP contribution in [0, 0.1) is 0 Å². The largest absolute Gasteiger partial charge is 0.492 e. The molecular weight excluding hydrogens is 595 g/mol. The number of pyridine rings is 1. The molecule has 1 aromatic heterocycles. The van der Waals surface area contributed by atoms with E-state index < -0.39 is 5.97 Å². The lowest BCUT2D eigenvalue weighted by molar-refractivity contribution is -0.122. The smallest absolute Gasteiger partial charge is 0.335 e. The van der Waals surface area contributed by atoms with Crippen LogP contribution in [0.2, 0.25) is 0 Å². The number of thiocarbonyl (C=S) groups is 1. The van der Waals surface area contributed by atoms with Gasteiger partial charge in [-0.05, 0) is 71.7 Å². The van der Waals surface area contributed by atoms with Crippen LogP contribution in [0.1, 0.15) is 21.5 Å². The predicted octanol–water partition coefficient (Wildman–Crippen LogP) is 5.75. The quantitative estimate of drug-likeness (QED) is 0.175. The van der Waals surface area contributed by atoms with Crippen LogP contribution in [0.25, 0.3) is 28.1 Å². The molecule has 0 spiro atoms. The molecule has 0 saturated carbocycles. The third kappa shape index (κ3) is 7.00. The van der Waals surface area contributed by atoms with Crippen LogP contribution in [0.4, 0.5) is 0 Å². The normalized spacial score (nSPS) is 16.6. The first kappa shape index (κ1) is 30.0. The van der Waals surface area contributed by atoms with Gasteiger partial charge in [-0.25, -0.2) is 4.79 Å². The Morgan fingerprint density at radius 1 is 1.05 bits per heavy atom. The molecule has 44 heavy (non-hydrogen) atoms. The molecule has 2 aliphatic rings. The van der Waals surface area contributed by atoms with Crippen LogP contribution in [-0.4, -0.2) is 82.1 Å². The lowest BCUT2D eigenvalue weighted by atomic mass is 9.99. The van der Waals surface area contributed by atoms with Gasteiger partial charge in [0.25, 0.3) is 5.91 Å². The molecule has 224 valence electrons. The highest BCUT2D eigenvalue weighted by Crippen LogP contribution is 2.36. The monoisotopic (exact) mass is 625 g/mol. The van der Waals surface area contributed by atoms with Gasteiger partial charge in [-0.15, -0.1) is 0 Å². The van der Waals surface area contributed by atoms with Crippen molar-refractivity contribution >= 4 is 57.2 Å². The average molecular weight is 626 g/mol. The molecule has 0 bridgehead atoms. The van der Waals surface area contributed by atoms with E-state index in [2.05, 4.69) is 22.0 Å². The number of carbonyl (C=O) groups excluding carboxylic acids is 1.